The number of alkyl halides is 15. The number of hydrogen-bond donors (Lipinski definition) is 1. The van der Waals surface area contributed by atoms with Crippen molar-refractivity contribution in [2.24, 2.45) is 0 Å². The fourth-order valence-corrected chi connectivity index (χ4v) is 3.58. The Morgan fingerprint density at radius 1 is 0.738 bits per heavy atom. The van der Waals surface area contributed by atoms with Gasteiger partial charge in [0.15, 0.2) is 0 Å². The van der Waals surface area contributed by atoms with E-state index in [1.807, 2.05) is 0 Å². The first-order valence-electron chi connectivity index (χ1n) is 9.71. The maximum absolute atomic E-state index is 13.9. The first kappa shape index (κ1) is 37.0. The summed E-state index contributed by atoms with van der Waals surface area (Å²) in [5, 5.41) is 8.58. The van der Waals surface area contributed by atoms with Crippen molar-refractivity contribution in [3.63, 3.8) is 0 Å². The molecule has 0 saturated carbocycles. The van der Waals surface area contributed by atoms with Crippen molar-refractivity contribution < 1.29 is 97.7 Å². The third kappa shape index (κ3) is 6.04. The van der Waals surface area contributed by atoms with Gasteiger partial charge < -0.3 is 9.84 Å². The molecule has 0 spiro atoms. The molecule has 0 heterocycles. The second kappa shape index (κ2) is 10.9. The van der Waals surface area contributed by atoms with Crippen molar-refractivity contribution >= 4 is 16.0 Å². The number of likely N-dealkylation sites (N-methyl/N-ethyl adjacent to an activating group) is 1. The number of halogens is 17. The van der Waals surface area contributed by atoms with Gasteiger partial charge in [-0.3, -0.25) is 4.79 Å². The number of carboxylic acids is 1. The van der Waals surface area contributed by atoms with Crippen molar-refractivity contribution in [3.8, 4) is 5.75 Å². The molecule has 0 aliphatic carbocycles. The summed E-state index contributed by atoms with van der Waals surface area (Å²) in [4.78, 5) is 9.66. The summed E-state index contributed by atoms with van der Waals surface area (Å²) >= 11 is 0. The van der Waals surface area contributed by atoms with E-state index in [4.69, 9.17) is 5.11 Å². The first-order valence-corrected chi connectivity index (χ1v) is 11.1. The average Bonchev–Trinajstić information content (AvgIpc) is 2.81. The molecule has 0 radical (unpaired) electrons. The predicted octanol–water partition coefficient (Wildman–Crippen LogP) is 6.25. The van der Waals surface area contributed by atoms with E-state index < -0.39 is 86.7 Å². The van der Waals surface area contributed by atoms with Crippen LogP contribution in [0.25, 0.3) is 0 Å². The van der Waals surface area contributed by atoms with E-state index in [0.717, 1.165) is 0 Å². The highest BCUT2D eigenvalue weighted by Crippen LogP contribution is 2.60. The van der Waals surface area contributed by atoms with E-state index in [0.29, 0.717) is 7.05 Å². The van der Waals surface area contributed by atoms with Gasteiger partial charge in [0.2, 0.25) is 21.7 Å². The minimum Gasteiger partial charge on any atom is -0.480 e. The topological polar surface area (TPSA) is 83.9 Å². The van der Waals surface area contributed by atoms with Crippen LogP contribution in [0.2, 0.25) is 0 Å². The van der Waals surface area contributed by atoms with Gasteiger partial charge in [-0.05, 0) is 24.3 Å². The molecule has 0 amide bonds. The Bertz CT molecular complexity index is 1310. The van der Waals surface area contributed by atoms with E-state index in [9.17, 15) is 87.8 Å². The van der Waals surface area contributed by atoms with Gasteiger partial charge in [0.1, 0.15) is 12.3 Å². The first-order chi connectivity index (χ1) is 18.3. The molecule has 6 nitrogen and oxygen atoms in total. The van der Waals surface area contributed by atoms with Gasteiger partial charge in [0.05, 0.1) is 4.90 Å². The summed E-state index contributed by atoms with van der Waals surface area (Å²) in [6, 6.07) is 0.598. The minimum absolute atomic E-state index is 0.0476. The molecule has 1 aromatic carbocycles. The standard InChI is InChI=1S/C18H10F17NO5S/c1-36(6-9(37)38)42(39,40)8-4-2-7(3-5-8)41-18(34,35)13(23,24)11(20)10(19)12(21,22)14(25,26)15(27,28)16(29,30)17(31,32)33/h2-5H,6H2,1H3,(H,37,38). The van der Waals surface area contributed by atoms with E-state index in [1.54, 1.807) is 0 Å². The predicted molar refractivity (Wildman–Crippen MR) is 99.5 cm³/mol. The molecule has 0 fully saturated rings. The third-order valence-electron chi connectivity index (χ3n) is 4.78. The molecule has 1 rings (SSSR count). The lowest BCUT2D eigenvalue weighted by Crippen LogP contribution is -2.66. The average molecular weight is 675 g/mol. The normalized spacial score (nSPS) is 15.5. The van der Waals surface area contributed by atoms with Crippen LogP contribution >= 0.6 is 0 Å². The summed E-state index contributed by atoms with van der Waals surface area (Å²) in [6.07, 6.45) is -14.4. The number of rotatable bonds is 12. The molecular weight excluding hydrogens is 665 g/mol. The van der Waals surface area contributed by atoms with Crippen LogP contribution in [0, 0.1) is 0 Å². The van der Waals surface area contributed by atoms with Gasteiger partial charge in [-0.1, -0.05) is 0 Å². The molecule has 0 unspecified atom stereocenters. The maximum Gasteiger partial charge on any atom is 0.471 e. The van der Waals surface area contributed by atoms with Crippen LogP contribution in [-0.2, 0) is 14.8 Å². The lowest BCUT2D eigenvalue weighted by atomic mass is 9.96. The van der Waals surface area contributed by atoms with Gasteiger partial charge >= 0.3 is 47.9 Å². The number of allylic oxidation sites excluding steroid dienone is 1. The second-order valence-corrected chi connectivity index (χ2v) is 9.79. The Morgan fingerprint density at radius 2 is 1.14 bits per heavy atom. The van der Waals surface area contributed by atoms with E-state index >= 15 is 0 Å². The van der Waals surface area contributed by atoms with Crippen LogP contribution in [0.5, 0.6) is 5.75 Å². The number of hydrogen-bond acceptors (Lipinski definition) is 4. The fourth-order valence-electron chi connectivity index (χ4n) is 2.46. The Morgan fingerprint density at radius 3 is 1.52 bits per heavy atom. The van der Waals surface area contributed by atoms with Crippen molar-refractivity contribution in [2.75, 3.05) is 13.6 Å². The molecule has 42 heavy (non-hydrogen) atoms. The van der Waals surface area contributed by atoms with E-state index in [-0.39, 0.29) is 28.6 Å². The lowest BCUT2D eigenvalue weighted by molar-refractivity contribution is -0.419. The van der Waals surface area contributed by atoms with Crippen LogP contribution < -0.4 is 4.74 Å². The number of benzene rings is 1. The number of ether oxygens (including phenoxy) is 1. The smallest absolute Gasteiger partial charge is 0.471 e. The number of aliphatic carboxylic acids is 1. The summed E-state index contributed by atoms with van der Waals surface area (Å²) < 4.78 is 253. The molecule has 0 atom stereocenters. The summed E-state index contributed by atoms with van der Waals surface area (Å²) in [7, 11) is -4.00. The Labute approximate surface area is 221 Å². The van der Waals surface area contributed by atoms with Gasteiger partial charge in [-0.25, -0.2) is 17.2 Å². The molecule has 0 aliphatic rings. The molecule has 0 saturated heterocycles. The highest BCUT2D eigenvalue weighted by atomic mass is 32.2. The zero-order valence-electron chi connectivity index (χ0n) is 19.4. The largest absolute Gasteiger partial charge is 0.480 e. The Kier molecular flexibility index (Phi) is 9.59. The van der Waals surface area contributed by atoms with Crippen LogP contribution in [0.3, 0.4) is 0 Å². The Balaban J connectivity index is 3.49. The third-order valence-corrected chi connectivity index (χ3v) is 6.60. The van der Waals surface area contributed by atoms with Crippen LogP contribution in [0.1, 0.15) is 0 Å². The number of sulfonamides is 1. The zero-order valence-corrected chi connectivity index (χ0v) is 20.2. The SMILES string of the molecule is CN(CC(=O)O)S(=O)(=O)c1ccc(OC(F)(F)C(F)(F)C(F)=C(F)C(F)(F)C(F)(F)C(F)(F)C(F)(F)C(F)(F)F)cc1. The maximum atomic E-state index is 13.9. The highest BCUT2D eigenvalue weighted by Gasteiger charge is 2.88. The number of carboxylic acid groups (broad SMARTS) is 1. The fraction of sp³-hybridized carbons (Fsp3) is 0.500. The summed E-state index contributed by atoms with van der Waals surface area (Å²) in [5.41, 5.74) is 0. The zero-order chi connectivity index (χ0) is 33.7. The summed E-state index contributed by atoms with van der Waals surface area (Å²) in [6.45, 7) is -1.16. The molecule has 0 bridgehead atoms. The number of nitrogens with zero attached hydrogens (tertiary/aromatic N) is 1. The van der Waals surface area contributed by atoms with Crippen molar-refractivity contribution in [1.29, 1.82) is 0 Å². The molecule has 1 aromatic rings. The van der Waals surface area contributed by atoms with E-state index in [1.165, 1.54) is 0 Å². The second-order valence-electron chi connectivity index (χ2n) is 7.74. The molecule has 242 valence electrons. The number of carbonyl (C=O) groups is 1. The molecular formula is C18H10F17NO5S. The van der Waals surface area contributed by atoms with Crippen LogP contribution in [-0.4, -0.2) is 79.3 Å². The summed E-state index contributed by atoms with van der Waals surface area (Å²) in [5.74, 6) is -53.9. The van der Waals surface area contributed by atoms with Crippen molar-refractivity contribution in [3.05, 3.63) is 35.9 Å². The van der Waals surface area contributed by atoms with E-state index in [2.05, 4.69) is 4.74 Å². The van der Waals surface area contributed by atoms with Crippen molar-refractivity contribution in [1.82, 2.24) is 4.31 Å². The van der Waals surface area contributed by atoms with Crippen LogP contribution in [0.4, 0.5) is 74.6 Å². The Hall–Kier alpha value is -3.05. The highest BCUT2D eigenvalue weighted by molar-refractivity contribution is 7.89. The lowest BCUT2D eigenvalue weighted by Gasteiger charge is -2.37. The molecule has 1 N–H and O–H groups in total. The monoisotopic (exact) mass is 675 g/mol. The molecule has 0 aliphatic heterocycles. The van der Waals surface area contributed by atoms with Gasteiger partial charge in [-0.15, -0.1) is 0 Å². The van der Waals surface area contributed by atoms with Gasteiger partial charge in [0, 0.05) is 7.05 Å². The molecule has 0 aromatic heterocycles. The quantitative estimate of drug-likeness (QED) is 0.265. The van der Waals surface area contributed by atoms with Gasteiger partial charge in [0.25, 0.3) is 0 Å². The van der Waals surface area contributed by atoms with Gasteiger partial charge in [-0.2, -0.15) is 70.2 Å². The van der Waals surface area contributed by atoms with Crippen molar-refractivity contribution in [2.45, 2.75) is 46.8 Å². The van der Waals surface area contributed by atoms with Crippen LogP contribution in [0.15, 0.2) is 40.8 Å². The molecule has 24 heteroatoms. The minimum atomic E-state index is -8.40.